The Kier molecular flexibility index (Phi) is 4.37. The second-order valence-electron chi connectivity index (χ2n) is 3.68. The van der Waals surface area contributed by atoms with Crippen LogP contribution >= 0.6 is 31.9 Å². The first-order chi connectivity index (χ1) is 8.58. The van der Waals surface area contributed by atoms with Gasteiger partial charge < -0.3 is 10.5 Å². The largest absolute Gasteiger partial charge is 0.456 e. The Morgan fingerprint density at radius 1 is 1.11 bits per heavy atom. The number of halogens is 3. The molecule has 0 atom stereocenters. The van der Waals surface area contributed by atoms with Gasteiger partial charge in [-0.1, -0.05) is 15.9 Å². The summed E-state index contributed by atoms with van der Waals surface area (Å²) in [4.78, 5) is 0. The fourth-order valence-corrected chi connectivity index (χ4v) is 2.33. The third-order valence-electron chi connectivity index (χ3n) is 2.29. The van der Waals surface area contributed by atoms with Gasteiger partial charge in [0.15, 0.2) is 0 Å². The summed E-state index contributed by atoms with van der Waals surface area (Å²) in [5, 5.41) is 0. The van der Waals surface area contributed by atoms with Crippen LogP contribution in [0.3, 0.4) is 0 Å². The van der Waals surface area contributed by atoms with Crippen LogP contribution in [0.5, 0.6) is 11.5 Å². The van der Waals surface area contributed by atoms with Crippen molar-refractivity contribution in [1.82, 2.24) is 0 Å². The summed E-state index contributed by atoms with van der Waals surface area (Å²) in [6.45, 7) is 0.417. The van der Waals surface area contributed by atoms with Crippen LogP contribution in [0.2, 0.25) is 0 Å². The van der Waals surface area contributed by atoms with Gasteiger partial charge >= 0.3 is 0 Å². The number of hydrogen-bond donors (Lipinski definition) is 1. The fraction of sp³-hybridized carbons (Fsp3) is 0.0769. The van der Waals surface area contributed by atoms with Gasteiger partial charge in [0.25, 0.3) is 0 Å². The molecule has 0 amide bonds. The van der Waals surface area contributed by atoms with Crippen LogP contribution in [0.15, 0.2) is 45.3 Å². The quantitative estimate of drug-likeness (QED) is 0.851. The SMILES string of the molecule is NCc1cc(Br)cc(Oc2cc(F)ccc2Br)c1. The van der Waals surface area contributed by atoms with E-state index in [2.05, 4.69) is 31.9 Å². The van der Waals surface area contributed by atoms with E-state index in [1.54, 1.807) is 12.1 Å². The molecule has 2 N–H and O–H groups in total. The van der Waals surface area contributed by atoms with Crippen molar-refractivity contribution in [3.8, 4) is 11.5 Å². The number of benzene rings is 2. The lowest BCUT2D eigenvalue weighted by Gasteiger charge is -2.09. The van der Waals surface area contributed by atoms with Crippen LogP contribution in [0.4, 0.5) is 4.39 Å². The van der Waals surface area contributed by atoms with E-state index in [9.17, 15) is 4.39 Å². The molecule has 0 spiro atoms. The number of hydrogen-bond acceptors (Lipinski definition) is 2. The van der Waals surface area contributed by atoms with Gasteiger partial charge in [0.2, 0.25) is 0 Å². The minimum Gasteiger partial charge on any atom is -0.456 e. The molecule has 18 heavy (non-hydrogen) atoms. The van der Waals surface area contributed by atoms with Gasteiger partial charge in [0.05, 0.1) is 4.47 Å². The molecule has 0 heterocycles. The highest BCUT2D eigenvalue weighted by Gasteiger charge is 2.06. The molecule has 94 valence electrons. The Morgan fingerprint density at radius 2 is 1.89 bits per heavy atom. The van der Waals surface area contributed by atoms with E-state index in [1.807, 2.05) is 12.1 Å². The first-order valence-electron chi connectivity index (χ1n) is 5.21. The Morgan fingerprint density at radius 3 is 2.61 bits per heavy atom. The molecule has 2 aromatic carbocycles. The van der Waals surface area contributed by atoms with Gasteiger partial charge in [0.1, 0.15) is 17.3 Å². The van der Waals surface area contributed by atoms with Crippen molar-refractivity contribution in [2.75, 3.05) is 0 Å². The molecule has 0 aliphatic heterocycles. The summed E-state index contributed by atoms with van der Waals surface area (Å²) < 4.78 is 20.3. The molecule has 0 saturated carbocycles. The Labute approximate surface area is 121 Å². The third kappa shape index (κ3) is 3.31. The van der Waals surface area contributed by atoms with Crippen LogP contribution in [0.25, 0.3) is 0 Å². The van der Waals surface area contributed by atoms with Crippen molar-refractivity contribution in [1.29, 1.82) is 0 Å². The second-order valence-corrected chi connectivity index (χ2v) is 5.45. The lowest BCUT2D eigenvalue weighted by Crippen LogP contribution is -1.97. The molecule has 0 radical (unpaired) electrons. The van der Waals surface area contributed by atoms with E-state index in [0.717, 1.165) is 10.0 Å². The maximum atomic E-state index is 13.1. The van der Waals surface area contributed by atoms with Gasteiger partial charge in [-0.3, -0.25) is 0 Å². The average molecular weight is 375 g/mol. The summed E-state index contributed by atoms with van der Waals surface area (Å²) in [7, 11) is 0. The monoisotopic (exact) mass is 373 g/mol. The standard InChI is InChI=1S/C13H10Br2FNO/c14-9-3-8(7-17)4-11(5-9)18-13-6-10(16)1-2-12(13)15/h1-6H,7,17H2. The summed E-state index contributed by atoms with van der Waals surface area (Å²) in [6, 6.07) is 9.83. The topological polar surface area (TPSA) is 35.2 Å². The van der Waals surface area contributed by atoms with Gasteiger partial charge in [-0.25, -0.2) is 4.39 Å². The van der Waals surface area contributed by atoms with Crippen molar-refractivity contribution >= 4 is 31.9 Å². The maximum absolute atomic E-state index is 13.1. The van der Waals surface area contributed by atoms with Crippen molar-refractivity contribution < 1.29 is 9.13 Å². The van der Waals surface area contributed by atoms with Crippen LogP contribution < -0.4 is 10.5 Å². The molecule has 2 nitrogen and oxygen atoms in total. The highest BCUT2D eigenvalue weighted by molar-refractivity contribution is 9.10. The van der Waals surface area contributed by atoms with Crippen LogP contribution in [-0.4, -0.2) is 0 Å². The van der Waals surface area contributed by atoms with E-state index >= 15 is 0 Å². The zero-order valence-electron chi connectivity index (χ0n) is 9.29. The molecule has 0 aliphatic rings. The van der Waals surface area contributed by atoms with E-state index in [-0.39, 0.29) is 5.82 Å². The van der Waals surface area contributed by atoms with Crippen molar-refractivity contribution in [3.63, 3.8) is 0 Å². The van der Waals surface area contributed by atoms with E-state index in [1.165, 1.54) is 12.1 Å². The van der Waals surface area contributed by atoms with Gasteiger partial charge in [0, 0.05) is 17.1 Å². The Bertz CT molecular complexity index is 575. The van der Waals surface area contributed by atoms with Gasteiger partial charge in [-0.05, 0) is 51.8 Å². The lowest BCUT2D eigenvalue weighted by molar-refractivity contribution is 0.472. The first kappa shape index (κ1) is 13.5. The smallest absolute Gasteiger partial charge is 0.144 e. The zero-order chi connectivity index (χ0) is 13.1. The van der Waals surface area contributed by atoms with E-state index < -0.39 is 0 Å². The fourth-order valence-electron chi connectivity index (χ4n) is 1.48. The summed E-state index contributed by atoms with van der Waals surface area (Å²) in [5.41, 5.74) is 6.53. The van der Waals surface area contributed by atoms with Crippen molar-refractivity contribution in [2.45, 2.75) is 6.54 Å². The van der Waals surface area contributed by atoms with Gasteiger partial charge in [-0.2, -0.15) is 0 Å². The average Bonchev–Trinajstić information content (AvgIpc) is 2.33. The minimum atomic E-state index is -0.345. The van der Waals surface area contributed by atoms with Crippen LogP contribution in [0.1, 0.15) is 5.56 Å². The van der Waals surface area contributed by atoms with Crippen LogP contribution in [0, 0.1) is 5.82 Å². The summed E-state index contributed by atoms with van der Waals surface area (Å²) in [6.07, 6.45) is 0. The number of nitrogens with two attached hydrogens (primary N) is 1. The molecule has 0 fully saturated rings. The molecule has 2 rings (SSSR count). The number of rotatable bonds is 3. The van der Waals surface area contributed by atoms with E-state index in [4.69, 9.17) is 10.5 Å². The van der Waals surface area contributed by atoms with Gasteiger partial charge in [-0.15, -0.1) is 0 Å². The molecule has 0 bridgehead atoms. The van der Waals surface area contributed by atoms with E-state index in [0.29, 0.717) is 22.5 Å². The number of ether oxygens (including phenoxy) is 1. The normalized spacial score (nSPS) is 10.4. The third-order valence-corrected chi connectivity index (χ3v) is 3.40. The zero-order valence-corrected chi connectivity index (χ0v) is 12.5. The first-order valence-corrected chi connectivity index (χ1v) is 6.79. The molecular weight excluding hydrogens is 365 g/mol. The predicted octanol–water partition coefficient (Wildman–Crippen LogP) is 4.60. The summed E-state index contributed by atoms with van der Waals surface area (Å²) in [5.74, 6) is 0.689. The molecule has 0 aliphatic carbocycles. The minimum absolute atomic E-state index is 0.345. The van der Waals surface area contributed by atoms with Crippen molar-refractivity contribution in [2.24, 2.45) is 5.73 Å². The maximum Gasteiger partial charge on any atom is 0.144 e. The molecule has 5 heteroatoms. The molecular formula is C13H10Br2FNO. The predicted molar refractivity (Wildman–Crippen MR) is 76.2 cm³/mol. The molecule has 0 unspecified atom stereocenters. The lowest BCUT2D eigenvalue weighted by atomic mass is 10.2. The molecule has 0 aromatic heterocycles. The highest BCUT2D eigenvalue weighted by atomic mass is 79.9. The summed E-state index contributed by atoms with van der Waals surface area (Å²) >= 11 is 6.69. The Hall–Kier alpha value is -0.910. The van der Waals surface area contributed by atoms with Crippen molar-refractivity contribution in [3.05, 3.63) is 56.7 Å². The second kappa shape index (κ2) is 5.82. The van der Waals surface area contributed by atoms with Crippen LogP contribution in [-0.2, 0) is 6.54 Å². The molecule has 0 saturated heterocycles. The Balaban J connectivity index is 2.33. The highest BCUT2D eigenvalue weighted by Crippen LogP contribution is 2.32. The molecule has 2 aromatic rings.